The summed E-state index contributed by atoms with van der Waals surface area (Å²) >= 11 is 3.56. The molecular formula is C19H23NO2S2. The van der Waals surface area contributed by atoms with Gasteiger partial charge in [-0.25, -0.2) is 0 Å². The number of nitrogens with one attached hydrogen (secondary N) is 1. The minimum Gasteiger partial charge on any atom is -0.355 e. The van der Waals surface area contributed by atoms with Crippen LogP contribution in [0.1, 0.15) is 39.2 Å². The second-order valence-corrected chi connectivity index (χ2v) is 7.84. The second-order valence-electron chi connectivity index (χ2n) is 5.70. The molecule has 0 saturated heterocycles. The topological polar surface area (TPSA) is 46.2 Å². The lowest BCUT2D eigenvalue weighted by molar-refractivity contribution is -0.120. The van der Waals surface area contributed by atoms with E-state index in [0.29, 0.717) is 12.1 Å². The summed E-state index contributed by atoms with van der Waals surface area (Å²) in [5.41, 5.74) is 2.97. The molecule has 0 saturated carbocycles. The van der Waals surface area contributed by atoms with Crippen LogP contribution >= 0.6 is 23.1 Å². The van der Waals surface area contributed by atoms with E-state index in [2.05, 4.69) is 22.8 Å². The molecule has 1 N–H and O–H groups in total. The lowest BCUT2D eigenvalue weighted by atomic mass is 10.0. The molecule has 2 rings (SSSR count). The van der Waals surface area contributed by atoms with Crippen molar-refractivity contribution in [1.29, 1.82) is 0 Å². The Morgan fingerprint density at radius 1 is 1.12 bits per heavy atom. The van der Waals surface area contributed by atoms with Crippen molar-refractivity contribution in [2.24, 2.45) is 0 Å². The monoisotopic (exact) mass is 361 g/mol. The molecule has 3 nitrogen and oxygen atoms in total. The highest BCUT2D eigenvalue weighted by atomic mass is 32.2. The van der Waals surface area contributed by atoms with Gasteiger partial charge >= 0.3 is 0 Å². The number of carbonyl (C=O) groups is 2. The third-order valence-corrected chi connectivity index (χ3v) is 5.87. The van der Waals surface area contributed by atoms with Crippen LogP contribution in [-0.4, -0.2) is 24.0 Å². The van der Waals surface area contributed by atoms with Gasteiger partial charge in [0, 0.05) is 41.3 Å². The van der Waals surface area contributed by atoms with Gasteiger partial charge in [0.25, 0.3) is 0 Å². The summed E-state index contributed by atoms with van der Waals surface area (Å²) in [6.07, 6.45) is 0.512. The zero-order valence-electron chi connectivity index (χ0n) is 14.1. The quantitative estimate of drug-likeness (QED) is 0.533. The smallest absolute Gasteiger partial charge is 0.220 e. The molecule has 24 heavy (non-hydrogen) atoms. The highest BCUT2D eigenvalue weighted by Crippen LogP contribution is 2.16. The minimum atomic E-state index is -0.0519. The fraction of sp³-hybridized carbons (Fsp3) is 0.368. The van der Waals surface area contributed by atoms with Gasteiger partial charge < -0.3 is 5.32 Å². The van der Waals surface area contributed by atoms with Gasteiger partial charge in [0.15, 0.2) is 5.78 Å². The molecular weight excluding hydrogens is 338 g/mol. The first-order chi connectivity index (χ1) is 11.6. The normalized spacial score (nSPS) is 10.6. The first-order valence-electron chi connectivity index (χ1n) is 8.03. The summed E-state index contributed by atoms with van der Waals surface area (Å²) in [7, 11) is 0. The molecule has 1 aromatic heterocycles. The van der Waals surface area contributed by atoms with E-state index in [0.717, 1.165) is 17.1 Å². The van der Waals surface area contributed by atoms with Gasteiger partial charge in [-0.2, -0.15) is 11.8 Å². The molecule has 0 fully saturated rings. The molecule has 1 aromatic carbocycles. The Labute approximate surface area is 151 Å². The van der Waals surface area contributed by atoms with Crippen molar-refractivity contribution >= 4 is 34.8 Å². The van der Waals surface area contributed by atoms with E-state index >= 15 is 0 Å². The molecule has 5 heteroatoms. The molecule has 2 aromatic rings. The van der Waals surface area contributed by atoms with Crippen molar-refractivity contribution in [1.82, 2.24) is 5.32 Å². The van der Waals surface area contributed by atoms with Gasteiger partial charge in [0.05, 0.1) is 0 Å². The number of amides is 1. The predicted octanol–water partition coefficient (Wildman–Crippen LogP) is 4.38. The van der Waals surface area contributed by atoms with Gasteiger partial charge in [-0.05, 0) is 42.5 Å². The number of benzene rings is 1. The van der Waals surface area contributed by atoms with Crippen molar-refractivity contribution < 1.29 is 9.59 Å². The highest BCUT2D eigenvalue weighted by Gasteiger charge is 2.10. The van der Waals surface area contributed by atoms with Crippen LogP contribution in [0.15, 0.2) is 35.7 Å². The first kappa shape index (κ1) is 18.7. The van der Waals surface area contributed by atoms with E-state index < -0.39 is 0 Å². The maximum atomic E-state index is 12.1. The lowest BCUT2D eigenvalue weighted by Gasteiger charge is -2.06. The molecule has 128 valence electrons. The van der Waals surface area contributed by atoms with Crippen molar-refractivity contribution in [2.45, 2.75) is 32.4 Å². The van der Waals surface area contributed by atoms with Crippen molar-refractivity contribution in [3.05, 3.63) is 57.3 Å². The summed E-state index contributed by atoms with van der Waals surface area (Å²) in [5, 5.41) is 4.96. The van der Waals surface area contributed by atoms with Crippen molar-refractivity contribution in [3.8, 4) is 0 Å². The Morgan fingerprint density at radius 2 is 1.96 bits per heavy atom. The number of ketones is 1. The van der Waals surface area contributed by atoms with Crippen LogP contribution < -0.4 is 5.32 Å². The van der Waals surface area contributed by atoms with Gasteiger partial charge in [-0.15, -0.1) is 11.3 Å². The summed E-state index contributed by atoms with van der Waals surface area (Å²) < 4.78 is 0. The Balaban J connectivity index is 1.61. The van der Waals surface area contributed by atoms with Crippen molar-refractivity contribution in [2.75, 3.05) is 12.3 Å². The third kappa shape index (κ3) is 6.13. The molecule has 0 unspecified atom stereocenters. The molecule has 0 spiro atoms. The minimum absolute atomic E-state index is 0.0281. The SMILES string of the molecule is Cc1ccc(C(=O)CCC(=O)NCCSCc2cccs2)cc1C. The largest absolute Gasteiger partial charge is 0.355 e. The maximum absolute atomic E-state index is 12.1. The zero-order chi connectivity index (χ0) is 17.4. The molecule has 0 radical (unpaired) electrons. The number of thiophene rings is 1. The number of hydrogen-bond acceptors (Lipinski definition) is 4. The first-order valence-corrected chi connectivity index (χ1v) is 10.1. The van der Waals surface area contributed by atoms with Crippen LogP contribution in [-0.2, 0) is 10.5 Å². The van der Waals surface area contributed by atoms with Crippen LogP contribution in [0.25, 0.3) is 0 Å². The van der Waals surface area contributed by atoms with Crippen LogP contribution in [0.3, 0.4) is 0 Å². The zero-order valence-corrected chi connectivity index (χ0v) is 15.8. The second kappa shape index (κ2) is 9.64. The van der Waals surface area contributed by atoms with E-state index in [4.69, 9.17) is 0 Å². The Morgan fingerprint density at radius 3 is 2.67 bits per heavy atom. The van der Waals surface area contributed by atoms with E-state index in [1.807, 2.05) is 32.0 Å². The molecule has 0 aliphatic rings. The van der Waals surface area contributed by atoms with E-state index in [9.17, 15) is 9.59 Å². The summed E-state index contributed by atoms with van der Waals surface area (Å²) in [6.45, 7) is 4.66. The predicted molar refractivity (Wildman–Crippen MR) is 103 cm³/mol. The molecule has 0 atom stereocenters. The summed E-state index contributed by atoms with van der Waals surface area (Å²) in [6, 6.07) is 9.86. The fourth-order valence-corrected chi connectivity index (χ4v) is 3.90. The van der Waals surface area contributed by atoms with Gasteiger partial charge in [-0.3, -0.25) is 9.59 Å². The molecule has 1 amide bonds. The Bertz CT molecular complexity index is 681. The molecule has 0 aliphatic carbocycles. The molecule has 0 aliphatic heterocycles. The highest BCUT2D eigenvalue weighted by molar-refractivity contribution is 7.98. The number of Topliss-reactive ketones (excluding diaryl/α,β-unsaturated/α-hetero) is 1. The lowest BCUT2D eigenvalue weighted by Crippen LogP contribution is -2.26. The van der Waals surface area contributed by atoms with Crippen LogP contribution in [0, 0.1) is 13.8 Å². The van der Waals surface area contributed by atoms with E-state index in [-0.39, 0.29) is 24.5 Å². The number of thioether (sulfide) groups is 1. The van der Waals surface area contributed by atoms with Crippen LogP contribution in [0.5, 0.6) is 0 Å². The van der Waals surface area contributed by atoms with E-state index in [1.54, 1.807) is 23.1 Å². The number of rotatable bonds is 9. The average molecular weight is 362 g/mol. The van der Waals surface area contributed by atoms with Crippen molar-refractivity contribution in [3.63, 3.8) is 0 Å². The number of aryl methyl sites for hydroxylation is 2. The maximum Gasteiger partial charge on any atom is 0.220 e. The fourth-order valence-electron chi connectivity index (χ4n) is 2.20. The Kier molecular flexibility index (Phi) is 7.53. The standard InChI is InChI=1S/C19H23NO2S2/c1-14-5-6-16(12-15(14)2)18(21)7-8-19(22)20-9-11-23-13-17-4-3-10-24-17/h3-6,10,12H,7-9,11,13H2,1-2H3,(H,20,22). The van der Waals surface area contributed by atoms with Gasteiger partial charge in [0.1, 0.15) is 0 Å². The summed E-state index contributed by atoms with van der Waals surface area (Å²) in [5.74, 6) is 1.84. The van der Waals surface area contributed by atoms with Crippen LogP contribution in [0.2, 0.25) is 0 Å². The van der Waals surface area contributed by atoms with E-state index in [1.165, 1.54) is 10.4 Å². The average Bonchev–Trinajstić information content (AvgIpc) is 3.08. The Hall–Kier alpha value is -1.59. The number of carbonyl (C=O) groups excluding carboxylic acids is 2. The van der Waals surface area contributed by atoms with Crippen LogP contribution in [0.4, 0.5) is 0 Å². The molecule has 0 bridgehead atoms. The summed E-state index contributed by atoms with van der Waals surface area (Å²) in [4.78, 5) is 25.3. The number of hydrogen-bond donors (Lipinski definition) is 1. The van der Waals surface area contributed by atoms with Gasteiger partial charge in [-0.1, -0.05) is 18.2 Å². The van der Waals surface area contributed by atoms with Gasteiger partial charge in [0.2, 0.25) is 5.91 Å². The molecule has 1 heterocycles. The third-order valence-electron chi connectivity index (χ3n) is 3.80.